The van der Waals surface area contributed by atoms with Crippen LogP contribution in [-0.2, 0) is 9.59 Å². The maximum absolute atomic E-state index is 13.5. The first kappa shape index (κ1) is 22.6. The molecule has 0 saturated heterocycles. The smallest absolute Gasteiger partial charge is 0.305 e. The lowest BCUT2D eigenvalue weighted by atomic mass is 10.0. The Morgan fingerprint density at radius 3 is 2.15 bits per heavy atom. The number of hydrogen-bond acceptors (Lipinski definition) is 5. The third-order valence-electron chi connectivity index (χ3n) is 3.68. The van der Waals surface area contributed by atoms with Crippen LogP contribution in [0.25, 0.3) is 0 Å². The standard InChI is InChI=1S/C16H20F4N2O5/c1-6(2)14(21)16(26)22-9(4-11(24)25)10(23)5-27-15-12(19)7(17)3-8(18)13(15)20/h3,6,9-10,14,23H,4-5,21H2,1-2H3,(H,22,26)(H,24,25)/t9?,10?,14-/m0/s1. The van der Waals surface area contributed by atoms with Gasteiger partial charge in [0.2, 0.25) is 17.5 Å². The molecule has 11 heteroatoms. The minimum absolute atomic E-state index is 0.0191. The molecule has 0 spiro atoms. The Kier molecular flexibility index (Phi) is 7.98. The van der Waals surface area contributed by atoms with Crippen molar-refractivity contribution in [2.45, 2.75) is 38.5 Å². The number of rotatable bonds is 9. The molecule has 152 valence electrons. The fourth-order valence-corrected chi connectivity index (χ4v) is 2.02. The number of aliphatic hydroxyl groups excluding tert-OH is 1. The molecule has 0 bridgehead atoms. The summed E-state index contributed by atoms with van der Waals surface area (Å²) in [7, 11) is 0. The summed E-state index contributed by atoms with van der Waals surface area (Å²) in [5, 5.41) is 21.1. The number of nitrogens with two attached hydrogens (primary N) is 1. The second kappa shape index (κ2) is 9.51. The van der Waals surface area contributed by atoms with Gasteiger partial charge in [0.1, 0.15) is 12.7 Å². The number of hydrogen-bond donors (Lipinski definition) is 4. The number of carboxylic acids is 1. The molecule has 0 aromatic heterocycles. The topological polar surface area (TPSA) is 122 Å². The van der Waals surface area contributed by atoms with Gasteiger partial charge in [-0.05, 0) is 5.92 Å². The van der Waals surface area contributed by atoms with Crippen LogP contribution in [-0.4, -0.2) is 46.9 Å². The molecule has 3 atom stereocenters. The molecule has 0 heterocycles. The maximum atomic E-state index is 13.5. The van der Waals surface area contributed by atoms with Gasteiger partial charge in [-0.1, -0.05) is 13.8 Å². The van der Waals surface area contributed by atoms with Crippen molar-refractivity contribution in [1.82, 2.24) is 5.32 Å². The van der Waals surface area contributed by atoms with Gasteiger partial charge in [-0.25, -0.2) is 8.78 Å². The first-order valence-electron chi connectivity index (χ1n) is 7.87. The van der Waals surface area contributed by atoms with Crippen LogP contribution in [0, 0.1) is 29.2 Å². The van der Waals surface area contributed by atoms with E-state index in [0.717, 1.165) is 0 Å². The second-order valence-electron chi connectivity index (χ2n) is 6.16. The number of nitrogens with one attached hydrogen (secondary N) is 1. The van der Waals surface area contributed by atoms with Gasteiger partial charge in [-0.15, -0.1) is 0 Å². The van der Waals surface area contributed by atoms with E-state index in [9.17, 15) is 32.3 Å². The van der Waals surface area contributed by atoms with Crippen molar-refractivity contribution in [3.63, 3.8) is 0 Å². The summed E-state index contributed by atoms with van der Waals surface area (Å²) >= 11 is 0. The van der Waals surface area contributed by atoms with E-state index in [1.54, 1.807) is 13.8 Å². The van der Waals surface area contributed by atoms with Crippen LogP contribution in [0.5, 0.6) is 5.75 Å². The van der Waals surface area contributed by atoms with Crippen molar-refractivity contribution in [2.24, 2.45) is 11.7 Å². The fourth-order valence-electron chi connectivity index (χ4n) is 2.02. The van der Waals surface area contributed by atoms with Crippen LogP contribution in [0.15, 0.2) is 6.07 Å². The lowest BCUT2D eigenvalue weighted by Crippen LogP contribution is -2.53. The van der Waals surface area contributed by atoms with Crippen molar-refractivity contribution in [3.8, 4) is 5.75 Å². The van der Waals surface area contributed by atoms with Gasteiger partial charge in [0.05, 0.1) is 18.5 Å². The SMILES string of the molecule is CC(C)[C@H](N)C(=O)NC(CC(=O)O)C(O)COc1c(F)c(F)cc(F)c1F. The van der Waals surface area contributed by atoms with E-state index in [1.165, 1.54) is 0 Å². The number of carbonyl (C=O) groups excluding carboxylic acids is 1. The van der Waals surface area contributed by atoms with Crippen molar-refractivity contribution in [3.05, 3.63) is 29.3 Å². The molecule has 27 heavy (non-hydrogen) atoms. The average molecular weight is 396 g/mol. The zero-order valence-corrected chi connectivity index (χ0v) is 14.5. The van der Waals surface area contributed by atoms with Crippen LogP contribution in [0.3, 0.4) is 0 Å². The third kappa shape index (κ3) is 6.07. The number of amides is 1. The number of benzene rings is 1. The number of aliphatic hydroxyl groups is 1. The van der Waals surface area contributed by atoms with E-state index in [-0.39, 0.29) is 12.0 Å². The number of ether oxygens (including phenoxy) is 1. The summed E-state index contributed by atoms with van der Waals surface area (Å²) in [4.78, 5) is 22.9. The van der Waals surface area contributed by atoms with Crippen LogP contribution in [0.2, 0.25) is 0 Å². The predicted octanol–water partition coefficient (Wildman–Crippen LogP) is 0.925. The molecule has 1 amide bonds. The van der Waals surface area contributed by atoms with Crippen LogP contribution >= 0.6 is 0 Å². The average Bonchev–Trinajstić information content (AvgIpc) is 2.57. The van der Waals surface area contributed by atoms with Crippen molar-refractivity contribution in [2.75, 3.05) is 6.61 Å². The van der Waals surface area contributed by atoms with Gasteiger partial charge < -0.3 is 26.0 Å². The molecule has 5 N–H and O–H groups in total. The van der Waals surface area contributed by atoms with E-state index >= 15 is 0 Å². The first-order chi connectivity index (χ1) is 12.5. The number of halogens is 4. The molecule has 7 nitrogen and oxygen atoms in total. The summed E-state index contributed by atoms with van der Waals surface area (Å²) in [5.74, 6) is -10.9. The van der Waals surface area contributed by atoms with Crippen molar-refractivity contribution < 1.29 is 42.1 Å². The van der Waals surface area contributed by atoms with Gasteiger partial charge in [0.15, 0.2) is 17.4 Å². The van der Waals surface area contributed by atoms with Gasteiger partial charge in [-0.3, -0.25) is 9.59 Å². The zero-order valence-electron chi connectivity index (χ0n) is 14.5. The Hall–Kier alpha value is -2.40. The molecule has 0 fully saturated rings. The largest absolute Gasteiger partial charge is 0.485 e. The normalized spacial score (nSPS) is 14.6. The summed E-state index contributed by atoms with van der Waals surface area (Å²) in [6.45, 7) is 2.33. The van der Waals surface area contributed by atoms with E-state index in [2.05, 4.69) is 10.1 Å². The van der Waals surface area contributed by atoms with Crippen LogP contribution < -0.4 is 15.8 Å². The highest BCUT2D eigenvalue weighted by molar-refractivity contribution is 5.82. The molecule has 1 aromatic rings. The molecular formula is C16H20F4N2O5. The molecule has 0 radical (unpaired) electrons. The highest BCUT2D eigenvalue weighted by atomic mass is 19.2. The summed E-state index contributed by atoms with van der Waals surface area (Å²) in [6.07, 6.45) is -2.53. The molecule has 0 aliphatic heterocycles. The van der Waals surface area contributed by atoms with E-state index in [4.69, 9.17) is 10.8 Å². The molecule has 1 aromatic carbocycles. The van der Waals surface area contributed by atoms with Gasteiger partial charge >= 0.3 is 5.97 Å². The zero-order chi connectivity index (χ0) is 20.9. The Bertz CT molecular complexity index is 676. The summed E-state index contributed by atoms with van der Waals surface area (Å²) < 4.78 is 57.9. The fraction of sp³-hybridized carbons (Fsp3) is 0.500. The van der Waals surface area contributed by atoms with E-state index in [1.807, 2.05) is 0 Å². The minimum atomic E-state index is -1.82. The Balaban J connectivity index is 2.90. The summed E-state index contributed by atoms with van der Waals surface area (Å²) in [5.41, 5.74) is 5.62. The Labute approximate surface area is 152 Å². The summed E-state index contributed by atoms with van der Waals surface area (Å²) in [6, 6.07) is -2.44. The number of carbonyl (C=O) groups is 2. The highest BCUT2D eigenvalue weighted by Gasteiger charge is 2.29. The predicted molar refractivity (Wildman–Crippen MR) is 84.8 cm³/mol. The Morgan fingerprint density at radius 2 is 1.70 bits per heavy atom. The molecule has 1 rings (SSSR count). The number of aliphatic carboxylic acids is 1. The van der Waals surface area contributed by atoms with E-state index in [0.29, 0.717) is 0 Å². The van der Waals surface area contributed by atoms with Gasteiger partial charge in [0, 0.05) is 6.07 Å². The molecule has 2 unspecified atom stereocenters. The molecule has 0 aliphatic rings. The lowest BCUT2D eigenvalue weighted by Gasteiger charge is -2.25. The second-order valence-corrected chi connectivity index (χ2v) is 6.16. The van der Waals surface area contributed by atoms with E-state index < -0.39 is 72.1 Å². The monoisotopic (exact) mass is 396 g/mol. The van der Waals surface area contributed by atoms with Gasteiger partial charge in [0.25, 0.3) is 0 Å². The highest BCUT2D eigenvalue weighted by Crippen LogP contribution is 2.26. The number of carboxylic acid groups (broad SMARTS) is 1. The first-order valence-corrected chi connectivity index (χ1v) is 7.87. The maximum Gasteiger partial charge on any atom is 0.305 e. The van der Waals surface area contributed by atoms with Crippen molar-refractivity contribution in [1.29, 1.82) is 0 Å². The third-order valence-corrected chi connectivity index (χ3v) is 3.68. The van der Waals surface area contributed by atoms with Crippen molar-refractivity contribution >= 4 is 11.9 Å². The van der Waals surface area contributed by atoms with Crippen LogP contribution in [0.4, 0.5) is 17.6 Å². The van der Waals surface area contributed by atoms with Gasteiger partial charge in [-0.2, -0.15) is 8.78 Å². The quantitative estimate of drug-likeness (QED) is 0.364. The molecule has 0 aliphatic carbocycles. The minimum Gasteiger partial charge on any atom is -0.485 e. The molecular weight excluding hydrogens is 376 g/mol. The lowest BCUT2D eigenvalue weighted by molar-refractivity contribution is -0.139. The molecule has 0 saturated carbocycles. The van der Waals surface area contributed by atoms with Crippen LogP contribution in [0.1, 0.15) is 20.3 Å². The Morgan fingerprint density at radius 1 is 1.19 bits per heavy atom.